The van der Waals surface area contributed by atoms with Crippen molar-refractivity contribution in [2.75, 3.05) is 23.3 Å². The van der Waals surface area contributed by atoms with Gasteiger partial charge in [-0.1, -0.05) is 23.2 Å². The van der Waals surface area contributed by atoms with Crippen LogP contribution in [0.2, 0.25) is 10.0 Å². The molecule has 2 rings (SSSR count). The van der Waals surface area contributed by atoms with Gasteiger partial charge in [-0.05, 0) is 75.0 Å². The van der Waals surface area contributed by atoms with Crippen LogP contribution in [0.1, 0.15) is 29.8 Å². The van der Waals surface area contributed by atoms with Crippen LogP contribution in [-0.2, 0) is 0 Å². The number of rotatable bonds is 5. The second-order valence-electron chi connectivity index (χ2n) is 5.70. The summed E-state index contributed by atoms with van der Waals surface area (Å²) in [6.07, 6.45) is 0. The van der Waals surface area contributed by atoms with Gasteiger partial charge in [-0.3, -0.25) is 10.1 Å². The average molecular weight is 410 g/mol. The summed E-state index contributed by atoms with van der Waals surface area (Å²) in [5, 5.41) is 6.64. The lowest BCUT2D eigenvalue weighted by Crippen LogP contribution is -2.34. The average Bonchev–Trinajstić information content (AvgIpc) is 2.58. The van der Waals surface area contributed by atoms with Gasteiger partial charge >= 0.3 is 0 Å². The Morgan fingerprint density at radius 1 is 1.12 bits per heavy atom. The molecule has 0 saturated heterocycles. The van der Waals surface area contributed by atoms with Crippen LogP contribution in [0.3, 0.4) is 0 Å². The first-order valence-corrected chi connectivity index (χ1v) is 9.45. The molecule has 0 fully saturated rings. The summed E-state index contributed by atoms with van der Waals surface area (Å²) in [6.45, 7) is 8.13. The molecule has 26 heavy (non-hydrogen) atoms. The highest BCUT2D eigenvalue weighted by Gasteiger charge is 2.13. The van der Waals surface area contributed by atoms with E-state index >= 15 is 0 Å². The highest BCUT2D eigenvalue weighted by atomic mass is 35.5. The van der Waals surface area contributed by atoms with E-state index in [2.05, 4.69) is 35.4 Å². The van der Waals surface area contributed by atoms with E-state index in [0.29, 0.717) is 10.6 Å². The molecule has 0 atom stereocenters. The number of carbonyl (C=O) groups excluding carboxylic acids is 1. The maximum Gasteiger partial charge on any atom is 0.258 e. The van der Waals surface area contributed by atoms with Gasteiger partial charge in [0, 0.05) is 29.5 Å². The lowest BCUT2D eigenvalue weighted by Gasteiger charge is -2.22. The van der Waals surface area contributed by atoms with E-state index in [1.165, 1.54) is 6.07 Å². The first-order valence-electron chi connectivity index (χ1n) is 8.28. The highest BCUT2D eigenvalue weighted by molar-refractivity contribution is 7.80. The third-order valence-electron chi connectivity index (χ3n) is 3.99. The fraction of sp³-hybridized carbons (Fsp3) is 0.263. The third-order valence-corrected chi connectivity index (χ3v) is 4.74. The number of hydrogen-bond donors (Lipinski definition) is 2. The van der Waals surface area contributed by atoms with E-state index < -0.39 is 0 Å². The molecule has 0 bridgehead atoms. The standard InChI is InChI=1S/C19H21Cl2N3OS/c1-4-24(5-2)14-7-9-17(12(3)10-14)22-19(26)23-18(25)15-8-6-13(20)11-16(15)21/h6-11H,4-5H2,1-3H3,(H2,22,23,25,26). The summed E-state index contributed by atoms with van der Waals surface area (Å²) >= 11 is 17.2. The number of aryl methyl sites for hydroxylation is 1. The summed E-state index contributed by atoms with van der Waals surface area (Å²) in [7, 11) is 0. The second-order valence-corrected chi connectivity index (χ2v) is 6.96. The molecular formula is C19H21Cl2N3OS. The Balaban J connectivity index is 2.06. The van der Waals surface area contributed by atoms with Gasteiger partial charge in [0.05, 0.1) is 10.6 Å². The molecule has 2 N–H and O–H groups in total. The molecule has 1 amide bonds. The van der Waals surface area contributed by atoms with Crippen LogP contribution in [0.5, 0.6) is 0 Å². The Morgan fingerprint density at radius 2 is 1.81 bits per heavy atom. The van der Waals surface area contributed by atoms with Crippen LogP contribution in [0.25, 0.3) is 0 Å². The quantitative estimate of drug-likeness (QED) is 0.659. The van der Waals surface area contributed by atoms with Crippen molar-refractivity contribution in [3.05, 3.63) is 57.6 Å². The molecule has 2 aromatic rings. The minimum absolute atomic E-state index is 0.208. The maximum absolute atomic E-state index is 12.3. The minimum Gasteiger partial charge on any atom is -0.372 e. The number of carbonyl (C=O) groups is 1. The van der Waals surface area contributed by atoms with Gasteiger partial charge in [0.25, 0.3) is 5.91 Å². The zero-order chi connectivity index (χ0) is 19.3. The molecule has 2 aromatic carbocycles. The van der Waals surface area contributed by atoms with E-state index in [1.807, 2.05) is 19.1 Å². The molecule has 0 aromatic heterocycles. The number of amides is 1. The largest absolute Gasteiger partial charge is 0.372 e. The van der Waals surface area contributed by atoms with E-state index in [0.717, 1.165) is 30.0 Å². The Labute approximate surface area is 169 Å². The molecule has 7 heteroatoms. The molecule has 0 unspecified atom stereocenters. The fourth-order valence-electron chi connectivity index (χ4n) is 2.57. The molecule has 0 spiro atoms. The maximum atomic E-state index is 12.3. The smallest absolute Gasteiger partial charge is 0.258 e. The number of anilines is 2. The van der Waals surface area contributed by atoms with Crippen molar-refractivity contribution in [1.29, 1.82) is 0 Å². The summed E-state index contributed by atoms with van der Waals surface area (Å²) in [6, 6.07) is 10.8. The molecule has 0 radical (unpaired) electrons. The topological polar surface area (TPSA) is 44.4 Å². The van der Waals surface area contributed by atoms with Crippen molar-refractivity contribution >= 4 is 57.8 Å². The van der Waals surface area contributed by atoms with Crippen molar-refractivity contribution in [3.8, 4) is 0 Å². The molecule has 138 valence electrons. The van der Waals surface area contributed by atoms with Crippen molar-refractivity contribution in [2.24, 2.45) is 0 Å². The lowest BCUT2D eigenvalue weighted by molar-refractivity contribution is 0.0978. The van der Waals surface area contributed by atoms with E-state index in [4.69, 9.17) is 35.4 Å². The molecule has 0 heterocycles. The van der Waals surface area contributed by atoms with Gasteiger partial charge < -0.3 is 10.2 Å². The monoisotopic (exact) mass is 409 g/mol. The summed E-state index contributed by atoms with van der Waals surface area (Å²) < 4.78 is 0. The Hall–Kier alpha value is -1.82. The Morgan fingerprint density at radius 3 is 2.38 bits per heavy atom. The molecule has 0 aliphatic heterocycles. The Kier molecular flexibility index (Phi) is 7.26. The zero-order valence-electron chi connectivity index (χ0n) is 14.9. The lowest BCUT2D eigenvalue weighted by atomic mass is 10.1. The van der Waals surface area contributed by atoms with Crippen molar-refractivity contribution < 1.29 is 4.79 Å². The van der Waals surface area contributed by atoms with Crippen LogP contribution in [0.15, 0.2) is 36.4 Å². The van der Waals surface area contributed by atoms with Gasteiger partial charge in [-0.2, -0.15) is 0 Å². The van der Waals surface area contributed by atoms with E-state index in [-0.39, 0.29) is 16.0 Å². The predicted octanol–water partition coefficient (Wildman–Crippen LogP) is 5.27. The molecule has 0 saturated carbocycles. The number of thiocarbonyl (C=S) groups is 1. The molecule has 4 nitrogen and oxygen atoms in total. The Bertz CT molecular complexity index is 822. The molecule has 0 aliphatic carbocycles. The van der Waals surface area contributed by atoms with Gasteiger partial charge in [0.2, 0.25) is 0 Å². The third kappa shape index (κ3) is 5.10. The normalized spacial score (nSPS) is 10.3. The van der Waals surface area contributed by atoms with E-state index in [1.54, 1.807) is 12.1 Å². The predicted molar refractivity (Wildman–Crippen MR) is 115 cm³/mol. The van der Waals surface area contributed by atoms with E-state index in [9.17, 15) is 4.79 Å². The van der Waals surface area contributed by atoms with Gasteiger partial charge in [0.15, 0.2) is 5.11 Å². The van der Waals surface area contributed by atoms with Gasteiger partial charge in [-0.25, -0.2) is 0 Å². The second kappa shape index (κ2) is 9.21. The van der Waals surface area contributed by atoms with Crippen LogP contribution in [0.4, 0.5) is 11.4 Å². The van der Waals surface area contributed by atoms with Crippen molar-refractivity contribution in [1.82, 2.24) is 5.32 Å². The van der Waals surface area contributed by atoms with Crippen LogP contribution in [0, 0.1) is 6.92 Å². The van der Waals surface area contributed by atoms with Crippen molar-refractivity contribution in [3.63, 3.8) is 0 Å². The van der Waals surface area contributed by atoms with Crippen LogP contribution >= 0.6 is 35.4 Å². The number of halogens is 2. The summed E-state index contributed by atoms with van der Waals surface area (Å²) in [5.74, 6) is -0.387. The van der Waals surface area contributed by atoms with Crippen LogP contribution in [-0.4, -0.2) is 24.1 Å². The SMILES string of the molecule is CCN(CC)c1ccc(NC(=S)NC(=O)c2ccc(Cl)cc2Cl)c(C)c1. The minimum atomic E-state index is -0.387. The fourth-order valence-corrected chi connectivity index (χ4v) is 3.27. The summed E-state index contributed by atoms with van der Waals surface area (Å²) in [5.41, 5.74) is 3.35. The molecular weight excluding hydrogens is 389 g/mol. The number of benzene rings is 2. The first kappa shape index (κ1) is 20.5. The number of nitrogens with one attached hydrogen (secondary N) is 2. The van der Waals surface area contributed by atoms with Crippen LogP contribution < -0.4 is 15.5 Å². The highest BCUT2D eigenvalue weighted by Crippen LogP contribution is 2.23. The number of nitrogens with zero attached hydrogens (tertiary/aromatic N) is 1. The first-order chi connectivity index (χ1) is 12.3. The number of hydrogen-bond acceptors (Lipinski definition) is 3. The van der Waals surface area contributed by atoms with Crippen molar-refractivity contribution in [2.45, 2.75) is 20.8 Å². The summed E-state index contributed by atoms with van der Waals surface area (Å²) in [4.78, 5) is 14.6. The zero-order valence-corrected chi connectivity index (χ0v) is 17.2. The van der Waals surface area contributed by atoms with Gasteiger partial charge in [0.1, 0.15) is 0 Å². The molecule has 0 aliphatic rings. The van der Waals surface area contributed by atoms with Gasteiger partial charge in [-0.15, -0.1) is 0 Å².